The summed E-state index contributed by atoms with van der Waals surface area (Å²) in [6, 6.07) is 2.39. The van der Waals surface area contributed by atoms with Crippen LogP contribution in [0.4, 0.5) is 0 Å². The number of hydrogen-bond donors (Lipinski definition) is 1. The van der Waals surface area contributed by atoms with E-state index in [2.05, 4.69) is 4.98 Å². The van der Waals surface area contributed by atoms with Crippen LogP contribution in [0.15, 0.2) is 12.3 Å². The standard InChI is InChI=1S/C13H18N2O2/c16-13-12-10(3-6-14-12)2-1-7-15(13)11-4-8-17-9-5-11/h3,6,11,14H,1-2,4-5,7-9H2. The van der Waals surface area contributed by atoms with Gasteiger partial charge in [0.05, 0.1) is 0 Å². The van der Waals surface area contributed by atoms with Gasteiger partial charge in [-0.2, -0.15) is 0 Å². The van der Waals surface area contributed by atoms with Crippen LogP contribution in [0.3, 0.4) is 0 Å². The first-order valence-electron chi connectivity index (χ1n) is 6.41. The maximum absolute atomic E-state index is 12.5. The number of fused-ring (bicyclic) bond motifs is 1. The third-order valence-corrected chi connectivity index (χ3v) is 3.78. The minimum absolute atomic E-state index is 0.175. The van der Waals surface area contributed by atoms with E-state index in [1.165, 1.54) is 5.56 Å². The van der Waals surface area contributed by atoms with Crippen molar-refractivity contribution < 1.29 is 9.53 Å². The zero-order valence-corrected chi connectivity index (χ0v) is 9.95. The zero-order chi connectivity index (χ0) is 11.7. The minimum Gasteiger partial charge on any atom is -0.381 e. The molecule has 2 aliphatic heterocycles. The lowest BCUT2D eigenvalue weighted by Crippen LogP contribution is -2.43. The van der Waals surface area contributed by atoms with Crippen LogP contribution in [0.25, 0.3) is 0 Å². The lowest BCUT2D eigenvalue weighted by molar-refractivity contribution is 0.0292. The summed E-state index contributed by atoms with van der Waals surface area (Å²) in [5.41, 5.74) is 1.97. The summed E-state index contributed by atoms with van der Waals surface area (Å²) in [7, 11) is 0. The van der Waals surface area contributed by atoms with Gasteiger partial charge in [-0.05, 0) is 37.3 Å². The largest absolute Gasteiger partial charge is 0.381 e. The Morgan fingerprint density at radius 2 is 2.18 bits per heavy atom. The van der Waals surface area contributed by atoms with Gasteiger partial charge in [0.25, 0.3) is 5.91 Å². The Morgan fingerprint density at radius 1 is 1.35 bits per heavy atom. The fraction of sp³-hybridized carbons (Fsp3) is 0.615. The molecule has 1 fully saturated rings. The van der Waals surface area contributed by atoms with Crippen LogP contribution in [0.2, 0.25) is 0 Å². The highest BCUT2D eigenvalue weighted by Crippen LogP contribution is 2.22. The van der Waals surface area contributed by atoms with Gasteiger partial charge in [0, 0.05) is 32.0 Å². The van der Waals surface area contributed by atoms with Crippen molar-refractivity contribution in [2.24, 2.45) is 0 Å². The molecule has 92 valence electrons. The number of nitrogens with zero attached hydrogens (tertiary/aromatic N) is 1. The Morgan fingerprint density at radius 3 is 3.00 bits per heavy atom. The van der Waals surface area contributed by atoms with Crippen LogP contribution in [0, 0.1) is 0 Å². The molecule has 0 saturated carbocycles. The number of carbonyl (C=O) groups is 1. The van der Waals surface area contributed by atoms with Crippen molar-refractivity contribution in [3.63, 3.8) is 0 Å². The Labute approximate surface area is 101 Å². The summed E-state index contributed by atoms with van der Waals surface area (Å²) in [6.45, 7) is 2.45. The van der Waals surface area contributed by atoms with E-state index in [-0.39, 0.29) is 5.91 Å². The molecule has 0 atom stereocenters. The lowest BCUT2D eigenvalue weighted by atomic mass is 10.1. The van der Waals surface area contributed by atoms with Gasteiger partial charge in [0.15, 0.2) is 0 Å². The maximum Gasteiger partial charge on any atom is 0.270 e. The predicted molar refractivity (Wildman–Crippen MR) is 64.0 cm³/mol. The molecule has 1 saturated heterocycles. The number of rotatable bonds is 1. The zero-order valence-electron chi connectivity index (χ0n) is 9.95. The number of carbonyl (C=O) groups excluding carboxylic acids is 1. The molecule has 4 heteroatoms. The molecule has 4 nitrogen and oxygen atoms in total. The molecule has 0 aliphatic carbocycles. The summed E-state index contributed by atoms with van der Waals surface area (Å²) in [4.78, 5) is 17.6. The number of nitrogens with one attached hydrogen (secondary N) is 1. The van der Waals surface area contributed by atoms with Crippen molar-refractivity contribution in [3.05, 3.63) is 23.5 Å². The Kier molecular flexibility index (Phi) is 2.89. The summed E-state index contributed by atoms with van der Waals surface area (Å²) in [5, 5.41) is 0. The van der Waals surface area contributed by atoms with Gasteiger partial charge >= 0.3 is 0 Å². The van der Waals surface area contributed by atoms with E-state index in [4.69, 9.17) is 4.74 Å². The van der Waals surface area contributed by atoms with Crippen LogP contribution in [0.1, 0.15) is 35.3 Å². The van der Waals surface area contributed by atoms with Crippen LogP contribution >= 0.6 is 0 Å². The first-order valence-corrected chi connectivity index (χ1v) is 6.41. The highest BCUT2D eigenvalue weighted by Gasteiger charge is 2.29. The summed E-state index contributed by atoms with van der Waals surface area (Å²) >= 11 is 0. The Balaban J connectivity index is 1.83. The number of aromatic nitrogens is 1. The third-order valence-electron chi connectivity index (χ3n) is 3.78. The van der Waals surface area contributed by atoms with Crippen molar-refractivity contribution >= 4 is 5.91 Å². The van der Waals surface area contributed by atoms with Gasteiger partial charge in [0.2, 0.25) is 0 Å². The second-order valence-electron chi connectivity index (χ2n) is 4.82. The molecule has 1 N–H and O–H groups in total. The van der Waals surface area contributed by atoms with Crippen LogP contribution in [-0.2, 0) is 11.2 Å². The van der Waals surface area contributed by atoms with Crippen LogP contribution in [0.5, 0.6) is 0 Å². The SMILES string of the molecule is O=C1c2[nH]ccc2CCCN1C1CCOCC1. The normalized spacial score (nSPS) is 22.4. The topological polar surface area (TPSA) is 45.3 Å². The molecule has 3 heterocycles. The van der Waals surface area contributed by atoms with Gasteiger partial charge in [0.1, 0.15) is 5.69 Å². The van der Waals surface area contributed by atoms with Gasteiger partial charge < -0.3 is 14.6 Å². The fourth-order valence-corrected chi connectivity index (χ4v) is 2.84. The molecule has 0 aromatic carbocycles. The summed E-state index contributed by atoms with van der Waals surface area (Å²) in [6.07, 6.45) is 5.89. The molecular formula is C13H18N2O2. The smallest absolute Gasteiger partial charge is 0.270 e. The number of ether oxygens (including phenoxy) is 1. The average molecular weight is 234 g/mol. The Bertz CT molecular complexity index is 407. The van der Waals surface area contributed by atoms with Crippen molar-refractivity contribution in [3.8, 4) is 0 Å². The van der Waals surface area contributed by atoms with Gasteiger partial charge in [-0.25, -0.2) is 0 Å². The number of amides is 1. The predicted octanol–water partition coefficient (Wildman–Crippen LogP) is 1.58. The van der Waals surface area contributed by atoms with E-state index in [1.807, 2.05) is 17.2 Å². The molecule has 17 heavy (non-hydrogen) atoms. The van der Waals surface area contributed by atoms with E-state index in [1.54, 1.807) is 0 Å². The number of aryl methyl sites for hydroxylation is 1. The highest BCUT2D eigenvalue weighted by atomic mass is 16.5. The van der Waals surface area contributed by atoms with Crippen LogP contribution in [-0.4, -0.2) is 41.6 Å². The maximum atomic E-state index is 12.5. The first kappa shape index (κ1) is 10.8. The molecular weight excluding hydrogens is 216 g/mol. The molecule has 1 aromatic heterocycles. The molecule has 0 spiro atoms. The van der Waals surface area contributed by atoms with Gasteiger partial charge in [-0.1, -0.05) is 0 Å². The number of aromatic amines is 1. The molecule has 2 aliphatic rings. The number of H-pyrrole nitrogens is 1. The fourth-order valence-electron chi connectivity index (χ4n) is 2.84. The molecule has 3 rings (SSSR count). The summed E-state index contributed by atoms with van der Waals surface area (Å²) in [5.74, 6) is 0.175. The molecule has 0 radical (unpaired) electrons. The summed E-state index contributed by atoms with van der Waals surface area (Å²) < 4.78 is 5.37. The second-order valence-corrected chi connectivity index (χ2v) is 4.82. The lowest BCUT2D eigenvalue weighted by Gasteiger charge is -2.33. The van der Waals surface area contributed by atoms with E-state index >= 15 is 0 Å². The minimum atomic E-state index is 0.175. The molecule has 1 aromatic rings. The quantitative estimate of drug-likeness (QED) is 0.802. The second kappa shape index (κ2) is 4.53. The molecule has 0 bridgehead atoms. The Hall–Kier alpha value is -1.29. The van der Waals surface area contributed by atoms with Gasteiger partial charge in [-0.3, -0.25) is 4.79 Å². The van der Waals surface area contributed by atoms with Crippen molar-refractivity contribution in [1.29, 1.82) is 0 Å². The van der Waals surface area contributed by atoms with Crippen molar-refractivity contribution in [1.82, 2.24) is 9.88 Å². The molecule has 0 unspecified atom stereocenters. The highest BCUT2D eigenvalue weighted by molar-refractivity contribution is 5.94. The van der Waals surface area contributed by atoms with Crippen molar-refractivity contribution in [2.45, 2.75) is 31.7 Å². The van der Waals surface area contributed by atoms with E-state index < -0.39 is 0 Å². The van der Waals surface area contributed by atoms with E-state index in [0.717, 1.165) is 51.1 Å². The van der Waals surface area contributed by atoms with Gasteiger partial charge in [-0.15, -0.1) is 0 Å². The number of hydrogen-bond acceptors (Lipinski definition) is 2. The van der Waals surface area contributed by atoms with E-state index in [0.29, 0.717) is 6.04 Å². The van der Waals surface area contributed by atoms with E-state index in [9.17, 15) is 4.79 Å². The van der Waals surface area contributed by atoms with Crippen LogP contribution < -0.4 is 0 Å². The molecule has 1 amide bonds. The first-order chi connectivity index (χ1) is 8.36. The third kappa shape index (κ3) is 1.97. The average Bonchev–Trinajstić information content (AvgIpc) is 2.78. The van der Waals surface area contributed by atoms with Crippen molar-refractivity contribution in [2.75, 3.05) is 19.8 Å². The monoisotopic (exact) mass is 234 g/mol.